The van der Waals surface area contributed by atoms with Crippen molar-refractivity contribution in [2.24, 2.45) is 0 Å². The molecule has 34 heavy (non-hydrogen) atoms. The van der Waals surface area contributed by atoms with Gasteiger partial charge in [-0.25, -0.2) is 8.42 Å². The number of benzene rings is 3. The Morgan fingerprint density at radius 1 is 0.794 bits per heavy atom. The summed E-state index contributed by atoms with van der Waals surface area (Å²) in [5.41, 5.74) is 2.71. The first-order chi connectivity index (χ1) is 16.6. The average Bonchev–Trinajstić information content (AvgIpc) is 3.53. The highest BCUT2D eigenvalue weighted by Gasteiger charge is 2.15. The number of fused-ring (bicyclic) bond motifs is 2. The number of hydrogen-bond acceptors (Lipinski definition) is 6. The van der Waals surface area contributed by atoms with Crippen molar-refractivity contribution in [2.75, 3.05) is 4.72 Å². The Morgan fingerprint density at radius 2 is 1.62 bits per heavy atom. The van der Waals surface area contributed by atoms with E-state index in [4.69, 9.17) is 5.10 Å². The number of nitrogens with zero attached hydrogens (tertiary/aromatic N) is 4. The molecule has 0 fully saturated rings. The molecule has 7 nitrogen and oxygen atoms in total. The molecule has 0 unspecified atom stereocenters. The van der Waals surface area contributed by atoms with E-state index in [1.807, 2.05) is 72.1 Å². The Balaban J connectivity index is 1.28. The van der Waals surface area contributed by atoms with Crippen molar-refractivity contribution in [1.29, 1.82) is 0 Å². The predicted octanol–water partition coefficient (Wildman–Crippen LogP) is 5.47. The largest absolute Gasteiger partial charge is 0.280 e. The molecule has 0 bridgehead atoms. The highest BCUT2D eigenvalue weighted by Crippen LogP contribution is 2.26. The molecule has 6 aromatic rings. The zero-order valence-corrected chi connectivity index (χ0v) is 19.3. The van der Waals surface area contributed by atoms with Crippen molar-refractivity contribution >= 4 is 43.5 Å². The predicted molar refractivity (Wildman–Crippen MR) is 134 cm³/mol. The van der Waals surface area contributed by atoms with E-state index in [1.165, 1.54) is 0 Å². The van der Waals surface area contributed by atoms with E-state index in [0.717, 1.165) is 26.9 Å². The maximum absolute atomic E-state index is 12.9. The molecule has 0 atom stereocenters. The summed E-state index contributed by atoms with van der Waals surface area (Å²) in [7, 11) is -3.72. The lowest BCUT2D eigenvalue weighted by Gasteiger charge is -2.10. The van der Waals surface area contributed by atoms with Crippen molar-refractivity contribution in [2.45, 2.75) is 4.90 Å². The second-order valence-corrected chi connectivity index (χ2v) is 10.3. The summed E-state index contributed by atoms with van der Waals surface area (Å²) in [5.74, 6) is 0.687. The van der Waals surface area contributed by atoms with E-state index in [-0.39, 0.29) is 4.90 Å². The fourth-order valence-corrected chi connectivity index (χ4v) is 5.55. The highest BCUT2D eigenvalue weighted by molar-refractivity contribution is 7.92. The number of nitrogens with one attached hydrogen (secondary N) is 1. The summed E-state index contributed by atoms with van der Waals surface area (Å²) < 4.78 is 30.2. The Bertz CT molecular complexity index is 1740. The van der Waals surface area contributed by atoms with E-state index in [9.17, 15) is 8.42 Å². The van der Waals surface area contributed by atoms with Gasteiger partial charge in [-0.2, -0.15) is 9.61 Å². The van der Waals surface area contributed by atoms with Crippen LogP contribution in [-0.4, -0.2) is 28.2 Å². The molecule has 0 radical (unpaired) electrons. The van der Waals surface area contributed by atoms with Gasteiger partial charge < -0.3 is 0 Å². The Labute approximate surface area is 199 Å². The maximum Gasteiger partial charge on any atom is 0.261 e. The van der Waals surface area contributed by atoms with Crippen LogP contribution in [0.25, 0.3) is 38.4 Å². The normalized spacial score (nSPS) is 11.8. The van der Waals surface area contributed by atoms with Crippen molar-refractivity contribution in [3.05, 3.63) is 96.4 Å². The smallest absolute Gasteiger partial charge is 0.261 e. The Kier molecular flexibility index (Phi) is 4.86. The highest BCUT2D eigenvalue weighted by atomic mass is 32.2. The molecule has 0 aliphatic carbocycles. The molecule has 166 valence electrons. The molecule has 3 heterocycles. The summed E-state index contributed by atoms with van der Waals surface area (Å²) in [6.07, 6.45) is 0. The van der Waals surface area contributed by atoms with Gasteiger partial charge in [-0.1, -0.05) is 48.5 Å². The third-order valence-electron chi connectivity index (χ3n) is 5.47. The monoisotopic (exact) mass is 483 g/mol. The van der Waals surface area contributed by atoms with Gasteiger partial charge in [0.25, 0.3) is 10.0 Å². The third-order valence-corrected chi connectivity index (χ3v) is 7.71. The van der Waals surface area contributed by atoms with Gasteiger partial charge in [0, 0.05) is 11.3 Å². The zero-order valence-electron chi connectivity index (χ0n) is 17.7. The van der Waals surface area contributed by atoms with E-state index in [0.29, 0.717) is 17.2 Å². The first-order valence-electron chi connectivity index (χ1n) is 10.5. The average molecular weight is 484 g/mol. The molecule has 0 aliphatic heterocycles. The van der Waals surface area contributed by atoms with Crippen LogP contribution in [-0.2, 0) is 10.0 Å². The fraction of sp³-hybridized carbons (Fsp3) is 0. The number of aromatic nitrogens is 4. The zero-order chi connectivity index (χ0) is 23.1. The van der Waals surface area contributed by atoms with Crippen LogP contribution in [0.2, 0.25) is 0 Å². The van der Waals surface area contributed by atoms with Crippen LogP contribution in [0.3, 0.4) is 0 Å². The van der Waals surface area contributed by atoms with Crippen molar-refractivity contribution in [1.82, 2.24) is 19.8 Å². The van der Waals surface area contributed by atoms with E-state index in [2.05, 4.69) is 14.9 Å². The van der Waals surface area contributed by atoms with Gasteiger partial charge in [0.1, 0.15) is 0 Å². The number of thiophene rings is 1. The van der Waals surface area contributed by atoms with Gasteiger partial charge in [0.15, 0.2) is 11.5 Å². The maximum atomic E-state index is 12.9. The lowest BCUT2D eigenvalue weighted by Crippen LogP contribution is -2.12. The molecule has 0 spiro atoms. The Morgan fingerprint density at radius 3 is 2.41 bits per heavy atom. The number of sulfonamides is 1. The van der Waals surface area contributed by atoms with E-state index < -0.39 is 10.0 Å². The summed E-state index contributed by atoms with van der Waals surface area (Å²) >= 11 is 1.57. The van der Waals surface area contributed by atoms with Gasteiger partial charge in [-0.15, -0.1) is 21.5 Å². The minimum Gasteiger partial charge on any atom is -0.280 e. The number of rotatable bonds is 5. The van der Waals surface area contributed by atoms with Crippen LogP contribution in [0, 0.1) is 0 Å². The van der Waals surface area contributed by atoms with Gasteiger partial charge >= 0.3 is 0 Å². The van der Waals surface area contributed by atoms with Gasteiger partial charge in [0.05, 0.1) is 15.5 Å². The van der Waals surface area contributed by atoms with Gasteiger partial charge in [0.2, 0.25) is 0 Å². The summed E-state index contributed by atoms with van der Waals surface area (Å²) in [5, 5.41) is 17.0. The summed E-state index contributed by atoms with van der Waals surface area (Å²) in [4.78, 5) is 1.20. The molecule has 0 saturated heterocycles. The van der Waals surface area contributed by atoms with Gasteiger partial charge in [-0.3, -0.25) is 4.72 Å². The van der Waals surface area contributed by atoms with Crippen LogP contribution in [0.4, 0.5) is 5.69 Å². The number of hydrogen-bond donors (Lipinski definition) is 1. The summed E-state index contributed by atoms with van der Waals surface area (Å²) in [6.45, 7) is 0. The molecular formula is C25H17N5O2S2. The van der Waals surface area contributed by atoms with Crippen LogP contribution in [0.1, 0.15) is 0 Å². The van der Waals surface area contributed by atoms with Crippen molar-refractivity contribution in [3.8, 4) is 22.0 Å². The van der Waals surface area contributed by atoms with E-state index in [1.54, 1.807) is 40.1 Å². The fourth-order valence-electron chi connectivity index (χ4n) is 3.76. The first-order valence-corrected chi connectivity index (χ1v) is 12.8. The third kappa shape index (κ3) is 3.70. The molecule has 3 aromatic heterocycles. The minimum atomic E-state index is -3.72. The minimum absolute atomic E-state index is 0.219. The van der Waals surface area contributed by atoms with Crippen molar-refractivity contribution in [3.63, 3.8) is 0 Å². The standard InChI is InChI=1S/C25H17N5O2S2/c31-34(32,21-12-9-17-4-1-2-5-19(17)16-21)29-20-10-7-18(8-11-20)22-13-14-24-26-27-25(30(24)28-22)23-6-3-15-33-23/h1-16,29H. The van der Waals surface area contributed by atoms with Crippen LogP contribution in [0.5, 0.6) is 0 Å². The second kappa shape index (κ2) is 8.05. The Hall–Kier alpha value is -4.08. The molecule has 6 rings (SSSR count). The summed E-state index contributed by atoms with van der Waals surface area (Å²) in [6, 6.07) is 27.6. The molecule has 0 saturated carbocycles. The topological polar surface area (TPSA) is 89.2 Å². The lowest BCUT2D eigenvalue weighted by molar-refractivity contribution is 0.601. The van der Waals surface area contributed by atoms with Crippen molar-refractivity contribution < 1.29 is 8.42 Å². The molecule has 3 aromatic carbocycles. The van der Waals surface area contributed by atoms with Crippen LogP contribution >= 0.6 is 11.3 Å². The molecule has 0 aliphatic rings. The first kappa shape index (κ1) is 20.5. The van der Waals surface area contributed by atoms with Gasteiger partial charge in [-0.05, 0) is 58.6 Å². The van der Waals surface area contributed by atoms with E-state index >= 15 is 0 Å². The lowest BCUT2D eigenvalue weighted by atomic mass is 10.1. The molecule has 1 N–H and O–H groups in total. The molecular weight excluding hydrogens is 466 g/mol. The second-order valence-electron chi connectivity index (χ2n) is 7.68. The van der Waals surface area contributed by atoms with Crippen LogP contribution < -0.4 is 4.72 Å². The van der Waals surface area contributed by atoms with Crippen LogP contribution in [0.15, 0.2) is 101 Å². The quantitative estimate of drug-likeness (QED) is 0.351. The molecule has 0 amide bonds. The SMILES string of the molecule is O=S(=O)(Nc1ccc(-c2ccc3nnc(-c4cccs4)n3n2)cc1)c1ccc2ccccc2c1. The molecule has 9 heteroatoms. The number of anilines is 1.